The van der Waals surface area contributed by atoms with E-state index in [4.69, 9.17) is 5.73 Å². The summed E-state index contributed by atoms with van der Waals surface area (Å²) in [4.78, 5) is 5.92. The molecule has 0 aromatic carbocycles. The van der Waals surface area contributed by atoms with Gasteiger partial charge >= 0.3 is 0 Å². The third-order valence-electron chi connectivity index (χ3n) is 2.25. The summed E-state index contributed by atoms with van der Waals surface area (Å²) in [5.41, 5.74) is 8.21. The van der Waals surface area contributed by atoms with Crippen LogP contribution >= 0.6 is 22.7 Å². The van der Waals surface area contributed by atoms with Crippen LogP contribution in [-0.2, 0) is 6.42 Å². The highest BCUT2D eigenvalue weighted by Gasteiger charge is 2.15. The van der Waals surface area contributed by atoms with Crippen molar-refractivity contribution < 1.29 is 0 Å². The minimum absolute atomic E-state index is 0.181. The van der Waals surface area contributed by atoms with Gasteiger partial charge in [-0.05, 0) is 37.8 Å². The molecule has 16 heavy (non-hydrogen) atoms. The molecule has 2 N–H and O–H groups in total. The molecular formula is C12H16N2S2. The largest absolute Gasteiger partial charge is 0.325 e. The highest BCUT2D eigenvalue weighted by molar-refractivity contribution is 7.14. The van der Waals surface area contributed by atoms with Gasteiger partial charge in [-0.15, -0.1) is 22.7 Å². The zero-order valence-electron chi connectivity index (χ0n) is 9.78. The van der Waals surface area contributed by atoms with Crippen LogP contribution in [0.2, 0.25) is 0 Å². The fourth-order valence-corrected chi connectivity index (χ4v) is 3.51. The molecule has 86 valence electrons. The van der Waals surface area contributed by atoms with Crippen molar-refractivity contribution in [1.82, 2.24) is 4.98 Å². The summed E-state index contributed by atoms with van der Waals surface area (Å²) < 4.78 is 0. The van der Waals surface area contributed by atoms with Crippen LogP contribution in [0.15, 0.2) is 16.8 Å². The molecule has 0 spiro atoms. The Labute approximate surface area is 104 Å². The molecule has 2 heterocycles. The Hall–Kier alpha value is -0.710. The van der Waals surface area contributed by atoms with Crippen LogP contribution in [0.1, 0.15) is 24.4 Å². The highest BCUT2D eigenvalue weighted by Crippen LogP contribution is 2.30. The van der Waals surface area contributed by atoms with Crippen molar-refractivity contribution in [1.29, 1.82) is 0 Å². The lowest BCUT2D eigenvalue weighted by molar-refractivity contribution is 0.515. The zero-order chi connectivity index (χ0) is 11.8. The van der Waals surface area contributed by atoms with Crippen molar-refractivity contribution in [3.8, 4) is 10.6 Å². The van der Waals surface area contributed by atoms with Crippen LogP contribution < -0.4 is 5.73 Å². The van der Waals surface area contributed by atoms with E-state index in [0.29, 0.717) is 0 Å². The molecule has 2 aromatic rings. The average molecular weight is 252 g/mol. The third kappa shape index (κ3) is 2.70. The summed E-state index contributed by atoms with van der Waals surface area (Å²) in [6.07, 6.45) is 0.835. The summed E-state index contributed by atoms with van der Waals surface area (Å²) in [6.45, 7) is 6.19. The summed E-state index contributed by atoms with van der Waals surface area (Å²) in [6, 6.07) is 2.13. The Morgan fingerprint density at radius 2 is 2.12 bits per heavy atom. The maximum atomic E-state index is 5.99. The Balaban J connectivity index is 2.24. The lowest BCUT2D eigenvalue weighted by Crippen LogP contribution is -2.34. The summed E-state index contributed by atoms with van der Waals surface area (Å²) in [5.74, 6) is 0. The first-order chi connectivity index (χ1) is 7.46. The Bertz CT molecular complexity index is 477. The molecule has 0 bridgehead atoms. The first-order valence-electron chi connectivity index (χ1n) is 5.23. The normalized spacial score (nSPS) is 12.0. The van der Waals surface area contributed by atoms with Gasteiger partial charge in [0.25, 0.3) is 0 Å². The molecule has 0 atom stereocenters. The molecule has 2 aromatic heterocycles. The molecule has 0 aliphatic rings. The third-order valence-corrected chi connectivity index (χ3v) is 4.14. The van der Waals surface area contributed by atoms with Gasteiger partial charge in [-0.3, -0.25) is 0 Å². The fraction of sp³-hybridized carbons (Fsp3) is 0.417. The van der Waals surface area contributed by atoms with Crippen molar-refractivity contribution in [2.75, 3.05) is 0 Å². The lowest BCUT2D eigenvalue weighted by Gasteiger charge is -2.15. The monoisotopic (exact) mass is 252 g/mol. The second-order valence-corrected chi connectivity index (χ2v) is 6.58. The van der Waals surface area contributed by atoms with Gasteiger partial charge in [-0.25, -0.2) is 4.98 Å². The standard InChI is InChI=1S/C12H16N2S2/c1-8-4-5-15-11(8)9-7-16-10(14-9)6-12(2,3)13/h4-5,7H,6,13H2,1-3H3. The van der Waals surface area contributed by atoms with E-state index < -0.39 is 0 Å². The molecule has 0 saturated heterocycles. The summed E-state index contributed by atoms with van der Waals surface area (Å²) in [5, 5.41) is 5.35. The molecule has 0 saturated carbocycles. The van der Waals surface area contributed by atoms with Gasteiger partial charge in [0.05, 0.1) is 15.6 Å². The van der Waals surface area contributed by atoms with Gasteiger partial charge in [0.2, 0.25) is 0 Å². The van der Waals surface area contributed by atoms with Gasteiger partial charge < -0.3 is 5.73 Å². The number of thiophene rings is 1. The summed E-state index contributed by atoms with van der Waals surface area (Å²) >= 11 is 3.45. The maximum absolute atomic E-state index is 5.99. The van der Waals surface area contributed by atoms with Crippen LogP contribution in [-0.4, -0.2) is 10.5 Å². The predicted molar refractivity (Wildman–Crippen MR) is 72.1 cm³/mol. The fourth-order valence-electron chi connectivity index (χ4n) is 1.52. The van der Waals surface area contributed by atoms with Crippen molar-refractivity contribution >= 4 is 22.7 Å². The van der Waals surface area contributed by atoms with Crippen LogP contribution in [0.5, 0.6) is 0 Å². The lowest BCUT2D eigenvalue weighted by atomic mass is 10.0. The number of hydrogen-bond acceptors (Lipinski definition) is 4. The number of nitrogens with two attached hydrogens (primary N) is 1. The molecule has 0 fully saturated rings. The number of thiazole rings is 1. The van der Waals surface area contributed by atoms with E-state index >= 15 is 0 Å². The molecule has 0 aliphatic heterocycles. The number of nitrogens with zero attached hydrogens (tertiary/aromatic N) is 1. The molecule has 0 aliphatic carbocycles. The number of aryl methyl sites for hydroxylation is 1. The smallest absolute Gasteiger partial charge is 0.0951 e. The Morgan fingerprint density at radius 1 is 1.38 bits per heavy atom. The maximum Gasteiger partial charge on any atom is 0.0951 e. The van der Waals surface area contributed by atoms with Crippen LogP contribution in [0, 0.1) is 6.92 Å². The molecule has 0 radical (unpaired) electrons. The van der Waals surface area contributed by atoms with E-state index in [2.05, 4.69) is 28.7 Å². The molecular weight excluding hydrogens is 236 g/mol. The zero-order valence-corrected chi connectivity index (χ0v) is 11.4. The second kappa shape index (κ2) is 4.28. The van der Waals surface area contributed by atoms with E-state index in [0.717, 1.165) is 17.1 Å². The predicted octanol–water partition coefficient (Wildman–Crippen LogP) is 3.46. The first-order valence-corrected chi connectivity index (χ1v) is 6.99. The SMILES string of the molecule is Cc1ccsc1-c1csc(CC(C)(C)N)n1. The Morgan fingerprint density at radius 3 is 2.69 bits per heavy atom. The van der Waals surface area contributed by atoms with E-state index in [1.54, 1.807) is 22.7 Å². The van der Waals surface area contributed by atoms with Gasteiger partial charge in [0, 0.05) is 17.3 Å². The van der Waals surface area contributed by atoms with Crippen molar-refractivity contribution in [3.63, 3.8) is 0 Å². The van der Waals surface area contributed by atoms with Gasteiger partial charge in [0.1, 0.15) is 0 Å². The van der Waals surface area contributed by atoms with E-state index in [1.165, 1.54) is 10.4 Å². The van der Waals surface area contributed by atoms with E-state index in [-0.39, 0.29) is 5.54 Å². The molecule has 2 rings (SSSR count). The van der Waals surface area contributed by atoms with Crippen LogP contribution in [0.4, 0.5) is 0 Å². The first kappa shape index (κ1) is 11.8. The van der Waals surface area contributed by atoms with Gasteiger partial charge in [-0.1, -0.05) is 0 Å². The molecule has 4 heteroatoms. The minimum atomic E-state index is -0.181. The Kier molecular flexibility index (Phi) is 3.15. The van der Waals surface area contributed by atoms with Crippen molar-refractivity contribution in [3.05, 3.63) is 27.4 Å². The van der Waals surface area contributed by atoms with Crippen molar-refractivity contribution in [2.45, 2.75) is 32.7 Å². The van der Waals surface area contributed by atoms with Crippen LogP contribution in [0.25, 0.3) is 10.6 Å². The average Bonchev–Trinajstić information content (AvgIpc) is 2.71. The summed E-state index contributed by atoms with van der Waals surface area (Å²) in [7, 11) is 0. The number of aromatic nitrogens is 1. The quantitative estimate of drug-likeness (QED) is 0.908. The van der Waals surface area contributed by atoms with Crippen molar-refractivity contribution in [2.24, 2.45) is 5.73 Å². The van der Waals surface area contributed by atoms with Gasteiger partial charge in [-0.2, -0.15) is 0 Å². The highest BCUT2D eigenvalue weighted by atomic mass is 32.1. The topological polar surface area (TPSA) is 38.9 Å². The number of rotatable bonds is 3. The van der Waals surface area contributed by atoms with E-state index in [1.807, 2.05) is 13.8 Å². The number of hydrogen-bond donors (Lipinski definition) is 1. The second-order valence-electron chi connectivity index (χ2n) is 4.72. The minimum Gasteiger partial charge on any atom is -0.325 e. The van der Waals surface area contributed by atoms with E-state index in [9.17, 15) is 0 Å². The molecule has 0 unspecified atom stereocenters. The van der Waals surface area contributed by atoms with Crippen LogP contribution in [0.3, 0.4) is 0 Å². The molecule has 2 nitrogen and oxygen atoms in total. The molecule has 0 amide bonds. The van der Waals surface area contributed by atoms with Gasteiger partial charge in [0.15, 0.2) is 0 Å².